The van der Waals surface area contributed by atoms with E-state index in [1.54, 1.807) is 0 Å². The third-order valence-electron chi connectivity index (χ3n) is 2.38. The summed E-state index contributed by atoms with van der Waals surface area (Å²) in [5, 5.41) is 9.69. The predicted octanol–water partition coefficient (Wildman–Crippen LogP) is 1.56. The summed E-state index contributed by atoms with van der Waals surface area (Å²) in [5.74, 6) is 2.73. The van der Waals surface area contributed by atoms with E-state index in [0.29, 0.717) is 0 Å². The summed E-state index contributed by atoms with van der Waals surface area (Å²) in [6, 6.07) is 0. The van der Waals surface area contributed by atoms with Crippen molar-refractivity contribution < 1.29 is 5.11 Å². The zero-order chi connectivity index (χ0) is 7.61. The van der Waals surface area contributed by atoms with Crippen molar-refractivity contribution in [1.29, 1.82) is 0 Å². The molecule has 0 aromatic carbocycles. The molecule has 0 spiro atoms. The van der Waals surface area contributed by atoms with Crippen LogP contribution in [0.2, 0.25) is 0 Å². The summed E-state index contributed by atoms with van der Waals surface area (Å²) in [6.07, 6.45) is 9.41. The molecular weight excluding hydrogens is 124 g/mol. The Morgan fingerprint density at radius 3 is 2.70 bits per heavy atom. The number of terminal acetylenes is 1. The van der Waals surface area contributed by atoms with E-state index in [4.69, 9.17) is 6.42 Å². The summed E-state index contributed by atoms with van der Waals surface area (Å²) in [6.45, 7) is 1.84. The predicted molar refractivity (Wildman–Crippen MR) is 41.4 cm³/mol. The molecule has 0 heterocycles. The monoisotopic (exact) mass is 138 g/mol. The molecular formula is C9H14O. The molecule has 0 bridgehead atoms. The molecule has 1 saturated carbocycles. The van der Waals surface area contributed by atoms with Crippen molar-refractivity contribution >= 4 is 0 Å². The van der Waals surface area contributed by atoms with Gasteiger partial charge in [-0.15, -0.1) is 12.3 Å². The zero-order valence-corrected chi connectivity index (χ0v) is 6.43. The van der Waals surface area contributed by atoms with Crippen LogP contribution in [0.5, 0.6) is 0 Å². The van der Waals surface area contributed by atoms with E-state index in [1.807, 2.05) is 6.92 Å². The minimum absolute atomic E-state index is 0.0845. The Labute approximate surface area is 62.4 Å². The molecule has 10 heavy (non-hydrogen) atoms. The number of aliphatic hydroxyl groups is 1. The quantitative estimate of drug-likeness (QED) is 0.504. The van der Waals surface area contributed by atoms with Gasteiger partial charge in [-0.3, -0.25) is 0 Å². The van der Waals surface area contributed by atoms with Crippen LogP contribution < -0.4 is 0 Å². The van der Waals surface area contributed by atoms with Gasteiger partial charge in [-0.05, 0) is 19.8 Å². The van der Waals surface area contributed by atoms with Gasteiger partial charge in [-0.25, -0.2) is 0 Å². The van der Waals surface area contributed by atoms with Crippen LogP contribution in [0.1, 0.15) is 32.6 Å². The molecule has 0 aromatic heterocycles. The molecule has 0 saturated heterocycles. The van der Waals surface area contributed by atoms with Gasteiger partial charge in [0.2, 0.25) is 0 Å². The molecule has 1 fully saturated rings. The fourth-order valence-electron chi connectivity index (χ4n) is 1.58. The molecule has 0 aromatic rings. The van der Waals surface area contributed by atoms with Gasteiger partial charge in [0.05, 0.1) is 5.60 Å². The van der Waals surface area contributed by atoms with Crippen LogP contribution >= 0.6 is 0 Å². The molecule has 0 unspecified atom stereocenters. The molecule has 2 atom stereocenters. The van der Waals surface area contributed by atoms with Crippen molar-refractivity contribution in [3.05, 3.63) is 0 Å². The lowest BCUT2D eigenvalue weighted by Crippen LogP contribution is -2.36. The highest BCUT2D eigenvalue weighted by Crippen LogP contribution is 2.32. The molecule has 0 radical (unpaired) electrons. The SMILES string of the molecule is C#C[C@@H]1CCCC[C@@]1(C)O. The van der Waals surface area contributed by atoms with Gasteiger partial charge >= 0.3 is 0 Å². The van der Waals surface area contributed by atoms with Crippen molar-refractivity contribution in [3.8, 4) is 12.3 Å². The van der Waals surface area contributed by atoms with Crippen molar-refractivity contribution in [2.75, 3.05) is 0 Å². The Balaban J connectivity index is 2.62. The van der Waals surface area contributed by atoms with Crippen LogP contribution in [0, 0.1) is 18.3 Å². The van der Waals surface area contributed by atoms with E-state index in [9.17, 15) is 5.11 Å². The van der Waals surface area contributed by atoms with E-state index < -0.39 is 5.60 Å². The Morgan fingerprint density at radius 1 is 1.60 bits per heavy atom. The largest absolute Gasteiger partial charge is 0.389 e. The average molecular weight is 138 g/mol. The Bertz CT molecular complexity index is 153. The van der Waals surface area contributed by atoms with Crippen LogP contribution in [0.25, 0.3) is 0 Å². The van der Waals surface area contributed by atoms with Crippen molar-refractivity contribution in [2.24, 2.45) is 5.92 Å². The first-order chi connectivity index (χ1) is 4.67. The van der Waals surface area contributed by atoms with Crippen LogP contribution in [0.4, 0.5) is 0 Å². The molecule has 1 aliphatic carbocycles. The first-order valence-corrected chi connectivity index (χ1v) is 3.85. The second-order valence-corrected chi connectivity index (χ2v) is 3.32. The van der Waals surface area contributed by atoms with Gasteiger partial charge in [-0.2, -0.15) is 0 Å². The average Bonchev–Trinajstić information content (AvgIpc) is 1.87. The summed E-state index contributed by atoms with van der Waals surface area (Å²) in [4.78, 5) is 0. The highest BCUT2D eigenvalue weighted by atomic mass is 16.3. The van der Waals surface area contributed by atoms with Crippen molar-refractivity contribution in [1.82, 2.24) is 0 Å². The second kappa shape index (κ2) is 2.64. The van der Waals surface area contributed by atoms with Crippen LogP contribution in [-0.4, -0.2) is 10.7 Å². The highest BCUT2D eigenvalue weighted by molar-refractivity contribution is 5.03. The van der Waals surface area contributed by atoms with Crippen LogP contribution in [0.3, 0.4) is 0 Å². The Kier molecular flexibility index (Phi) is 2.01. The van der Waals surface area contributed by atoms with Crippen molar-refractivity contribution in [2.45, 2.75) is 38.2 Å². The first kappa shape index (κ1) is 7.63. The van der Waals surface area contributed by atoms with Crippen LogP contribution in [0.15, 0.2) is 0 Å². The number of hydrogen-bond donors (Lipinski definition) is 1. The standard InChI is InChI=1S/C9H14O/c1-3-8-6-4-5-7-9(8,2)10/h1,8,10H,4-7H2,2H3/t8-,9-/m1/s1. The Hall–Kier alpha value is -0.480. The third kappa shape index (κ3) is 1.33. The molecule has 1 rings (SSSR count). The maximum Gasteiger partial charge on any atom is 0.0756 e. The van der Waals surface area contributed by atoms with Gasteiger partial charge in [0.1, 0.15) is 0 Å². The van der Waals surface area contributed by atoms with E-state index in [2.05, 4.69) is 5.92 Å². The molecule has 1 N–H and O–H groups in total. The summed E-state index contributed by atoms with van der Waals surface area (Å²) in [7, 11) is 0. The van der Waals surface area contributed by atoms with Crippen LogP contribution in [-0.2, 0) is 0 Å². The minimum Gasteiger partial charge on any atom is -0.389 e. The summed E-state index contributed by atoms with van der Waals surface area (Å²) < 4.78 is 0. The van der Waals surface area contributed by atoms with Crippen molar-refractivity contribution in [3.63, 3.8) is 0 Å². The van der Waals surface area contributed by atoms with E-state index in [1.165, 1.54) is 6.42 Å². The first-order valence-electron chi connectivity index (χ1n) is 3.85. The maximum absolute atomic E-state index is 9.69. The molecule has 0 amide bonds. The maximum atomic E-state index is 9.69. The van der Waals surface area contributed by atoms with E-state index in [-0.39, 0.29) is 5.92 Å². The third-order valence-corrected chi connectivity index (χ3v) is 2.38. The van der Waals surface area contributed by atoms with E-state index in [0.717, 1.165) is 19.3 Å². The van der Waals surface area contributed by atoms with Gasteiger partial charge in [0.25, 0.3) is 0 Å². The Morgan fingerprint density at radius 2 is 2.30 bits per heavy atom. The fraction of sp³-hybridized carbons (Fsp3) is 0.778. The number of hydrogen-bond acceptors (Lipinski definition) is 1. The smallest absolute Gasteiger partial charge is 0.0756 e. The molecule has 1 nitrogen and oxygen atoms in total. The summed E-state index contributed by atoms with van der Waals surface area (Å²) >= 11 is 0. The zero-order valence-electron chi connectivity index (χ0n) is 6.43. The van der Waals surface area contributed by atoms with Gasteiger partial charge in [-0.1, -0.05) is 12.8 Å². The fourth-order valence-corrected chi connectivity index (χ4v) is 1.58. The number of rotatable bonds is 0. The lowest BCUT2D eigenvalue weighted by Gasteiger charge is -2.33. The molecule has 0 aliphatic heterocycles. The minimum atomic E-state index is -0.590. The molecule has 56 valence electrons. The summed E-state index contributed by atoms with van der Waals surface area (Å²) in [5.41, 5.74) is -0.590. The topological polar surface area (TPSA) is 20.2 Å². The lowest BCUT2D eigenvalue weighted by molar-refractivity contribution is -0.00839. The van der Waals surface area contributed by atoms with Gasteiger partial charge in [0, 0.05) is 5.92 Å². The second-order valence-electron chi connectivity index (χ2n) is 3.32. The van der Waals surface area contributed by atoms with E-state index >= 15 is 0 Å². The molecule has 1 aliphatic rings. The molecule has 1 heteroatoms. The lowest BCUT2D eigenvalue weighted by atomic mass is 9.77. The highest BCUT2D eigenvalue weighted by Gasteiger charge is 2.32. The van der Waals surface area contributed by atoms with Gasteiger partial charge < -0.3 is 5.11 Å². The van der Waals surface area contributed by atoms with Gasteiger partial charge in [0.15, 0.2) is 0 Å². The normalized spacial score (nSPS) is 40.7.